The van der Waals surface area contributed by atoms with Gasteiger partial charge in [0.2, 0.25) is 0 Å². The Kier molecular flexibility index (Phi) is 4.78. The van der Waals surface area contributed by atoms with Crippen molar-refractivity contribution in [3.05, 3.63) is 28.8 Å². The fourth-order valence-electron chi connectivity index (χ4n) is 1.26. The second-order valence-corrected chi connectivity index (χ2v) is 3.83. The van der Waals surface area contributed by atoms with Gasteiger partial charge in [-0.2, -0.15) is 0 Å². The minimum absolute atomic E-state index is 0.0588. The quantitative estimate of drug-likeness (QED) is 0.681. The van der Waals surface area contributed by atoms with Crippen LogP contribution in [0.3, 0.4) is 0 Å². The average Bonchev–Trinajstić information content (AvgIpc) is 2.25. The number of anilines is 1. The molecule has 3 N–H and O–H groups in total. The van der Waals surface area contributed by atoms with Crippen LogP contribution in [0.4, 0.5) is 5.69 Å². The van der Waals surface area contributed by atoms with Gasteiger partial charge in [0.15, 0.2) is 0 Å². The van der Waals surface area contributed by atoms with Crippen LogP contribution < -0.4 is 5.32 Å². The Morgan fingerprint density at radius 3 is 2.59 bits per heavy atom. The first-order valence-electron chi connectivity index (χ1n) is 4.99. The second kappa shape index (κ2) is 6.10. The zero-order valence-electron chi connectivity index (χ0n) is 8.94. The maximum Gasteiger partial charge on any atom is 0.335 e. The molecule has 0 radical (unpaired) electrons. The van der Waals surface area contributed by atoms with E-state index < -0.39 is 11.9 Å². The first kappa shape index (κ1) is 13.3. The topological polar surface area (TPSA) is 86.6 Å². The Bertz CT molecular complexity index is 433. The van der Waals surface area contributed by atoms with Crippen LogP contribution in [-0.4, -0.2) is 28.7 Å². The number of nitrogens with one attached hydrogen (secondary N) is 1. The number of carbonyl (C=O) groups is 2. The molecule has 0 atom stereocenters. The Morgan fingerprint density at radius 2 is 2.00 bits per heavy atom. The van der Waals surface area contributed by atoms with Crippen molar-refractivity contribution < 1.29 is 19.8 Å². The predicted octanol–water partition coefficient (Wildman–Crippen LogP) is 2.31. The zero-order valence-corrected chi connectivity index (χ0v) is 9.70. The molecule has 5 nitrogen and oxygen atoms in total. The zero-order chi connectivity index (χ0) is 12.8. The van der Waals surface area contributed by atoms with Crippen LogP contribution in [-0.2, 0) is 4.79 Å². The third-order valence-corrected chi connectivity index (χ3v) is 2.43. The number of halogens is 1. The maximum atomic E-state index is 10.7. The molecule has 0 aliphatic heterocycles. The van der Waals surface area contributed by atoms with Gasteiger partial charge in [0.25, 0.3) is 0 Å². The van der Waals surface area contributed by atoms with Gasteiger partial charge < -0.3 is 15.5 Å². The van der Waals surface area contributed by atoms with E-state index >= 15 is 0 Å². The summed E-state index contributed by atoms with van der Waals surface area (Å²) in [6.45, 7) is 0.426. The van der Waals surface area contributed by atoms with Crippen LogP contribution in [0, 0.1) is 0 Å². The van der Waals surface area contributed by atoms with Crippen molar-refractivity contribution >= 4 is 29.2 Å². The van der Waals surface area contributed by atoms with Crippen molar-refractivity contribution in [2.24, 2.45) is 0 Å². The number of hydrogen-bond donors (Lipinski definition) is 3. The number of benzene rings is 1. The highest BCUT2D eigenvalue weighted by atomic mass is 35.5. The summed E-state index contributed by atoms with van der Waals surface area (Å²) in [5.74, 6) is -1.90. The molecule has 6 heteroatoms. The molecule has 0 aromatic heterocycles. The lowest BCUT2D eigenvalue weighted by Gasteiger charge is -2.08. The minimum Gasteiger partial charge on any atom is -0.481 e. The third-order valence-electron chi connectivity index (χ3n) is 2.10. The van der Waals surface area contributed by atoms with E-state index in [0.29, 0.717) is 23.7 Å². The molecule has 0 amide bonds. The number of hydrogen-bond acceptors (Lipinski definition) is 3. The van der Waals surface area contributed by atoms with E-state index in [1.165, 1.54) is 18.2 Å². The molecule has 17 heavy (non-hydrogen) atoms. The third kappa shape index (κ3) is 4.32. The van der Waals surface area contributed by atoms with Crippen molar-refractivity contribution in [3.8, 4) is 0 Å². The molecule has 1 aromatic carbocycles. The number of aromatic carboxylic acids is 1. The van der Waals surface area contributed by atoms with E-state index in [9.17, 15) is 9.59 Å². The Hall–Kier alpha value is -1.75. The van der Waals surface area contributed by atoms with Crippen LogP contribution in [0.15, 0.2) is 18.2 Å². The number of carboxylic acid groups (broad SMARTS) is 2. The lowest BCUT2D eigenvalue weighted by molar-refractivity contribution is -0.137. The Morgan fingerprint density at radius 1 is 1.29 bits per heavy atom. The molecule has 1 aromatic rings. The summed E-state index contributed by atoms with van der Waals surface area (Å²) in [4.78, 5) is 21.0. The molecule has 0 aliphatic carbocycles. The molecule has 0 bridgehead atoms. The van der Waals surface area contributed by atoms with Crippen molar-refractivity contribution in [3.63, 3.8) is 0 Å². The molecule has 0 saturated heterocycles. The highest BCUT2D eigenvalue weighted by molar-refractivity contribution is 6.33. The van der Waals surface area contributed by atoms with Crippen LogP contribution in [0.5, 0.6) is 0 Å². The SMILES string of the molecule is O=C(O)CCCNc1cc(C(=O)O)ccc1Cl. The molecule has 0 fully saturated rings. The van der Waals surface area contributed by atoms with Gasteiger partial charge in [0, 0.05) is 13.0 Å². The molecule has 0 aliphatic rings. The summed E-state index contributed by atoms with van der Waals surface area (Å²) >= 11 is 5.87. The van der Waals surface area contributed by atoms with E-state index in [-0.39, 0.29) is 12.0 Å². The van der Waals surface area contributed by atoms with E-state index in [1.807, 2.05) is 0 Å². The van der Waals surface area contributed by atoms with Gasteiger partial charge in [-0.1, -0.05) is 11.6 Å². The minimum atomic E-state index is -1.03. The first-order valence-corrected chi connectivity index (χ1v) is 5.37. The van der Waals surface area contributed by atoms with Gasteiger partial charge in [-0.15, -0.1) is 0 Å². The summed E-state index contributed by atoms with van der Waals surface area (Å²) in [5, 5.41) is 20.6. The van der Waals surface area contributed by atoms with E-state index in [4.69, 9.17) is 21.8 Å². The summed E-state index contributed by atoms with van der Waals surface area (Å²) in [5.41, 5.74) is 0.632. The second-order valence-electron chi connectivity index (χ2n) is 3.42. The smallest absolute Gasteiger partial charge is 0.335 e. The lowest BCUT2D eigenvalue weighted by Crippen LogP contribution is -2.06. The summed E-state index contributed by atoms with van der Waals surface area (Å²) in [7, 11) is 0. The molecule has 1 rings (SSSR count). The van der Waals surface area contributed by atoms with Crippen LogP contribution >= 0.6 is 11.6 Å². The van der Waals surface area contributed by atoms with Gasteiger partial charge in [0.1, 0.15) is 0 Å². The maximum absolute atomic E-state index is 10.7. The summed E-state index contributed by atoms with van der Waals surface area (Å²) < 4.78 is 0. The normalized spacial score (nSPS) is 9.94. The lowest BCUT2D eigenvalue weighted by atomic mass is 10.2. The molecule has 92 valence electrons. The van der Waals surface area contributed by atoms with E-state index in [2.05, 4.69) is 5.32 Å². The van der Waals surface area contributed by atoms with Gasteiger partial charge in [0.05, 0.1) is 16.3 Å². The standard InChI is InChI=1S/C11H12ClNO4/c12-8-4-3-7(11(16)17)6-9(8)13-5-1-2-10(14)15/h3-4,6,13H,1-2,5H2,(H,14,15)(H,16,17). The highest BCUT2D eigenvalue weighted by Crippen LogP contribution is 2.23. The summed E-state index contributed by atoms with van der Waals surface area (Å²) in [6.07, 6.45) is 0.506. The highest BCUT2D eigenvalue weighted by Gasteiger charge is 2.07. The van der Waals surface area contributed by atoms with Crippen molar-refractivity contribution in [2.45, 2.75) is 12.8 Å². The molecule has 0 saturated carbocycles. The van der Waals surface area contributed by atoms with Gasteiger partial charge in [-0.05, 0) is 24.6 Å². The largest absolute Gasteiger partial charge is 0.481 e. The van der Waals surface area contributed by atoms with Crippen LogP contribution in [0.1, 0.15) is 23.2 Å². The number of aliphatic carboxylic acids is 1. The fourth-order valence-corrected chi connectivity index (χ4v) is 1.44. The Labute approximate surface area is 103 Å². The predicted molar refractivity (Wildman–Crippen MR) is 63.8 cm³/mol. The Balaban J connectivity index is 2.60. The van der Waals surface area contributed by atoms with E-state index in [1.54, 1.807) is 0 Å². The van der Waals surface area contributed by atoms with Crippen LogP contribution in [0.25, 0.3) is 0 Å². The van der Waals surface area contributed by atoms with Gasteiger partial charge in [-0.25, -0.2) is 4.79 Å². The number of carboxylic acids is 2. The molecule has 0 heterocycles. The molecule has 0 spiro atoms. The van der Waals surface area contributed by atoms with Gasteiger partial charge in [-0.3, -0.25) is 4.79 Å². The number of rotatable bonds is 6. The van der Waals surface area contributed by atoms with Crippen LogP contribution in [0.2, 0.25) is 5.02 Å². The molecule has 0 unspecified atom stereocenters. The first-order chi connectivity index (χ1) is 8.00. The van der Waals surface area contributed by atoms with E-state index in [0.717, 1.165) is 0 Å². The average molecular weight is 258 g/mol. The summed E-state index contributed by atoms with van der Waals surface area (Å²) in [6, 6.07) is 4.32. The van der Waals surface area contributed by atoms with Crippen molar-refractivity contribution in [1.82, 2.24) is 0 Å². The molecular formula is C11H12ClNO4. The van der Waals surface area contributed by atoms with Crippen molar-refractivity contribution in [1.29, 1.82) is 0 Å². The monoisotopic (exact) mass is 257 g/mol. The van der Waals surface area contributed by atoms with Crippen molar-refractivity contribution in [2.75, 3.05) is 11.9 Å². The fraction of sp³-hybridized carbons (Fsp3) is 0.273. The van der Waals surface area contributed by atoms with Gasteiger partial charge >= 0.3 is 11.9 Å². The molecular weight excluding hydrogens is 246 g/mol.